The van der Waals surface area contributed by atoms with Gasteiger partial charge in [0.05, 0.1) is 13.2 Å². The predicted octanol–water partition coefficient (Wildman–Crippen LogP) is 4.69. The van der Waals surface area contributed by atoms with Crippen LogP contribution in [-0.2, 0) is 6.42 Å². The highest BCUT2D eigenvalue weighted by atomic mass is 16.5. The number of rotatable bonds is 1. The number of aryl methyl sites for hydroxylation is 1. The average molecular weight is 326 g/mol. The van der Waals surface area contributed by atoms with Crippen LogP contribution in [0.4, 0.5) is 0 Å². The number of fused-ring (bicyclic) bond motifs is 4. The second-order valence-corrected chi connectivity index (χ2v) is 9.66. The Labute approximate surface area is 145 Å². The van der Waals surface area contributed by atoms with Gasteiger partial charge in [-0.3, -0.25) is 0 Å². The zero-order chi connectivity index (χ0) is 16.7. The van der Waals surface area contributed by atoms with E-state index in [1.165, 1.54) is 50.5 Å². The Hall–Kier alpha value is -1.02. The molecular weight excluding hydrogens is 296 g/mol. The summed E-state index contributed by atoms with van der Waals surface area (Å²) in [6.07, 6.45) is 8.63. The van der Waals surface area contributed by atoms with Crippen LogP contribution in [0.25, 0.3) is 0 Å². The van der Waals surface area contributed by atoms with Gasteiger partial charge in [0.25, 0.3) is 0 Å². The first-order chi connectivity index (χ1) is 11.4. The van der Waals surface area contributed by atoms with E-state index in [9.17, 15) is 5.11 Å². The molecule has 0 radical (unpaired) electrons. The Morgan fingerprint density at radius 1 is 1.12 bits per heavy atom. The molecule has 0 heterocycles. The second kappa shape index (κ2) is 4.58. The van der Waals surface area contributed by atoms with Gasteiger partial charge < -0.3 is 9.84 Å². The smallest absolute Gasteiger partial charge is 0.119 e. The lowest BCUT2D eigenvalue weighted by Crippen LogP contribution is -2.54. The molecule has 130 valence electrons. The van der Waals surface area contributed by atoms with Crippen LogP contribution in [0.15, 0.2) is 18.2 Å². The molecule has 1 spiro atoms. The number of benzene rings is 1. The summed E-state index contributed by atoms with van der Waals surface area (Å²) in [5, 5.41) is 11.2. The molecular formula is C22H30O2. The van der Waals surface area contributed by atoms with Gasteiger partial charge in [-0.1, -0.05) is 19.9 Å². The van der Waals surface area contributed by atoms with Crippen LogP contribution in [-0.4, -0.2) is 18.3 Å². The minimum Gasteiger partial charge on any atom is -0.497 e. The maximum Gasteiger partial charge on any atom is 0.119 e. The number of aliphatic hydroxyl groups excluding tert-OH is 1. The molecule has 1 aromatic rings. The third-order valence-electron chi connectivity index (χ3n) is 8.91. The highest BCUT2D eigenvalue weighted by Gasteiger charge is 2.73. The van der Waals surface area contributed by atoms with E-state index in [-0.39, 0.29) is 16.9 Å². The van der Waals surface area contributed by atoms with Gasteiger partial charge in [0.2, 0.25) is 0 Å². The molecule has 2 nitrogen and oxygen atoms in total. The fourth-order valence-electron chi connectivity index (χ4n) is 7.78. The Morgan fingerprint density at radius 2 is 1.96 bits per heavy atom. The topological polar surface area (TPSA) is 29.5 Å². The normalized spacial score (nSPS) is 48.6. The first-order valence-electron chi connectivity index (χ1n) is 9.78. The number of aliphatic hydroxyl groups is 1. The lowest BCUT2D eigenvalue weighted by molar-refractivity contribution is -0.128. The summed E-state index contributed by atoms with van der Waals surface area (Å²) in [5.41, 5.74) is 3.78. The van der Waals surface area contributed by atoms with Crippen molar-refractivity contribution >= 4 is 0 Å². The third kappa shape index (κ3) is 1.57. The van der Waals surface area contributed by atoms with Crippen LogP contribution in [0.5, 0.6) is 5.75 Å². The molecule has 0 saturated heterocycles. The Balaban J connectivity index is 1.59. The van der Waals surface area contributed by atoms with Crippen LogP contribution < -0.4 is 4.74 Å². The molecule has 6 atom stereocenters. The maximum absolute atomic E-state index is 11.2. The molecule has 0 aromatic heterocycles. The zero-order valence-electron chi connectivity index (χ0n) is 15.3. The largest absolute Gasteiger partial charge is 0.497 e. The van der Waals surface area contributed by atoms with Crippen LogP contribution in [0, 0.1) is 22.2 Å². The van der Waals surface area contributed by atoms with Crippen molar-refractivity contribution in [1.82, 2.24) is 0 Å². The Morgan fingerprint density at radius 3 is 2.75 bits per heavy atom. The quantitative estimate of drug-likeness (QED) is 0.811. The van der Waals surface area contributed by atoms with E-state index in [0.29, 0.717) is 11.3 Å². The highest BCUT2D eigenvalue weighted by molar-refractivity contribution is 5.42. The summed E-state index contributed by atoms with van der Waals surface area (Å²) in [6, 6.07) is 6.75. The fraction of sp³-hybridized carbons (Fsp3) is 0.727. The van der Waals surface area contributed by atoms with Gasteiger partial charge in [-0.15, -0.1) is 0 Å². The molecule has 4 aliphatic carbocycles. The van der Waals surface area contributed by atoms with Crippen molar-refractivity contribution in [3.05, 3.63) is 29.3 Å². The van der Waals surface area contributed by atoms with Crippen molar-refractivity contribution in [3.8, 4) is 5.75 Å². The van der Waals surface area contributed by atoms with Crippen LogP contribution in [0.3, 0.4) is 0 Å². The molecule has 0 aliphatic heterocycles. The lowest BCUT2D eigenvalue weighted by Gasteiger charge is -2.59. The van der Waals surface area contributed by atoms with Crippen molar-refractivity contribution in [2.24, 2.45) is 22.2 Å². The highest BCUT2D eigenvalue weighted by Crippen LogP contribution is 2.78. The number of hydrogen-bond donors (Lipinski definition) is 1. The van der Waals surface area contributed by atoms with Gasteiger partial charge in [0, 0.05) is 0 Å². The van der Waals surface area contributed by atoms with E-state index in [1.54, 1.807) is 12.7 Å². The van der Waals surface area contributed by atoms with E-state index in [1.807, 2.05) is 0 Å². The molecule has 4 aliphatic rings. The van der Waals surface area contributed by atoms with Crippen LogP contribution in [0.2, 0.25) is 0 Å². The summed E-state index contributed by atoms with van der Waals surface area (Å²) in [5.74, 6) is 2.45. The van der Waals surface area contributed by atoms with Gasteiger partial charge in [0.1, 0.15) is 5.75 Å². The zero-order valence-corrected chi connectivity index (χ0v) is 15.3. The predicted molar refractivity (Wildman–Crippen MR) is 95.3 cm³/mol. The van der Waals surface area contributed by atoms with Gasteiger partial charge >= 0.3 is 0 Å². The first-order valence-corrected chi connectivity index (χ1v) is 9.78. The molecule has 24 heavy (non-hydrogen) atoms. The molecule has 3 fully saturated rings. The molecule has 1 aromatic carbocycles. The minimum absolute atomic E-state index is 0.100. The monoisotopic (exact) mass is 326 g/mol. The van der Waals surface area contributed by atoms with Crippen molar-refractivity contribution in [3.63, 3.8) is 0 Å². The summed E-state index contributed by atoms with van der Waals surface area (Å²) >= 11 is 0. The van der Waals surface area contributed by atoms with Crippen LogP contribution in [0.1, 0.15) is 69.4 Å². The molecule has 2 heteroatoms. The number of methoxy groups -OCH3 is 1. The van der Waals surface area contributed by atoms with Gasteiger partial charge in [-0.05, 0) is 96.3 Å². The maximum atomic E-state index is 11.2. The molecule has 0 unspecified atom stereocenters. The third-order valence-corrected chi connectivity index (χ3v) is 8.91. The molecule has 1 N–H and O–H groups in total. The second-order valence-electron chi connectivity index (χ2n) is 9.66. The summed E-state index contributed by atoms with van der Waals surface area (Å²) in [6.45, 7) is 4.77. The fourth-order valence-corrected chi connectivity index (χ4v) is 7.78. The van der Waals surface area contributed by atoms with E-state index in [4.69, 9.17) is 4.74 Å². The Bertz CT molecular complexity index is 697. The molecule has 2 bridgehead atoms. The van der Waals surface area contributed by atoms with E-state index < -0.39 is 0 Å². The van der Waals surface area contributed by atoms with Crippen molar-refractivity contribution < 1.29 is 9.84 Å². The lowest BCUT2D eigenvalue weighted by atomic mass is 9.46. The summed E-state index contributed by atoms with van der Waals surface area (Å²) < 4.78 is 5.44. The average Bonchev–Trinajstić information content (AvgIpc) is 3.04. The summed E-state index contributed by atoms with van der Waals surface area (Å²) in [4.78, 5) is 0. The van der Waals surface area contributed by atoms with Gasteiger partial charge in [0.15, 0.2) is 0 Å². The van der Waals surface area contributed by atoms with E-state index in [2.05, 4.69) is 32.0 Å². The molecule has 0 amide bonds. The number of hydrogen-bond acceptors (Lipinski definition) is 2. The van der Waals surface area contributed by atoms with Crippen molar-refractivity contribution in [2.75, 3.05) is 7.11 Å². The van der Waals surface area contributed by atoms with Gasteiger partial charge in [-0.2, -0.15) is 0 Å². The molecule has 3 saturated carbocycles. The first kappa shape index (κ1) is 15.3. The van der Waals surface area contributed by atoms with Crippen molar-refractivity contribution in [2.45, 2.75) is 70.8 Å². The number of ether oxygens (including phenoxy) is 1. The van der Waals surface area contributed by atoms with Crippen molar-refractivity contribution in [1.29, 1.82) is 0 Å². The standard InChI is InChI=1S/C22H30O2/c1-20-10-11-22(13-20)18-7-4-14-12-15(24-3)5-6-16(14)17(18)8-9-21(22,2)19(20)23/h5-6,12,17-19,23H,4,7-11,13H2,1-3H3/t17-,18-,19+,20+,21-,22-/m1/s1. The minimum atomic E-state index is -0.100. The van der Waals surface area contributed by atoms with E-state index >= 15 is 0 Å². The summed E-state index contributed by atoms with van der Waals surface area (Å²) in [7, 11) is 1.76. The van der Waals surface area contributed by atoms with E-state index in [0.717, 1.165) is 11.7 Å². The molecule has 5 rings (SSSR count). The van der Waals surface area contributed by atoms with Crippen LogP contribution >= 0.6 is 0 Å². The SMILES string of the molecule is COc1ccc2c(c1)CC[C@@H]1[C@@H]2CC[C@]2(C)[C@@H](O)[C@@]3(C)CC[C@@]12C3. The van der Waals surface area contributed by atoms with Gasteiger partial charge in [-0.25, -0.2) is 0 Å². The Kier molecular flexibility index (Phi) is 2.91.